The van der Waals surface area contributed by atoms with Crippen molar-refractivity contribution in [3.63, 3.8) is 0 Å². The first kappa shape index (κ1) is 18.7. The van der Waals surface area contributed by atoms with Gasteiger partial charge < -0.3 is 15.2 Å². The molecule has 1 saturated heterocycles. The highest BCUT2D eigenvalue weighted by Gasteiger charge is 2.35. The maximum Gasteiger partial charge on any atom is 0.256 e. The van der Waals surface area contributed by atoms with Crippen LogP contribution in [0.3, 0.4) is 0 Å². The number of carbonyl (C=O) groups excluding carboxylic acids is 2. The Balaban J connectivity index is 1.50. The first-order chi connectivity index (χ1) is 13.6. The molecule has 1 aromatic carbocycles. The molecule has 0 spiro atoms. The summed E-state index contributed by atoms with van der Waals surface area (Å²) in [5, 5.41) is 4.21. The second-order valence-electron chi connectivity index (χ2n) is 7.98. The topological polar surface area (TPSA) is 82.3 Å². The van der Waals surface area contributed by atoms with Gasteiger partial charge in [0.2, 0.25) is 5.91 Å². The number of pyridine rings is 1. The number of likely N-dealkylation sites (tertiary alicyclic amines) is 1. The minimum absolute atomic E-state index is 0.0508. The van der Waals surface area contributed by atoms with Crippen LogP contribution in [0.2, 0.25) is 0 Å². The highest BCUT2D eigenvalue weighted by atomic mass is 16.2. The van der Waals surface area contributed by atoms with Crippen molar-refractivity contribution >= 4 is 22.6 Å². The molecule has 4 rings (SSSR count). The van der Waals surface area contributed by atoms with Crippen LogP contribution in [-0.2, 0) is 4.79 Å². The van der Waals surface area contributed by atoms with Gasteiger partial charge in [-0.05, 0) is 37.7 Å². The van der Waals surface area contributed by atoms with Gasteiger partial charge in [0.05, 0.1) is 5.56 Å². The van der Waals surface area contributed by atoms with E-state index < -0.39 is 6.04 Å². The maximum absolute atomic E-state index is 13.2. The van der Waals surface area contributed by atoms with E-state index in [-0.39, 0.29) is 17.4 Å². The van der Waals surface area contributed by atoms with Crippen LogP contribution in [0, 0.1) is 5.92 Å². The van der Waals surface area contributed by atoms with E-state index in [0.717, 1.165) is 6.42 Å². The minimum atomic E-state index is -0.429. The molecule has 1 aliphatic carbocycles. The zero-order chi connectivity index (χ0) is 19.5. The van der Waals surface area contributed by atoms with E-state index in [9.17, 15) is 14.4 Å². The van der Waals surface area contributed by atoms with E-state index >= 15 is 0 Å². The fourth-order valence-corrected chi connectivity index (χ4v) is 4.58. The lowest BCUT2D eigenvalue weighted by atomic mass is 9.89. The van der Waals surface area contributed by atoms with Crippen molar-refractivity contribution in [3.05, 3.63) is 46.4 Å². The molecule has 28 heavy (non-hydrogen) atoms. The number of carbonyl (C=O) groups is 2. The zero-order valence-corrected chi connectivity index (χ0v) is 16.1. The van der Waals surface area contributed by atoms with Gasteiger partial charge in [0.25, 0.3) is 11.5 Å². The summed E-state index contributed by atoms with van der Waals surface area (Å²) in [6, 6.07) is 6.66. The van der Waals surface area contributed by atoms with Crippen LogP contribution in [0.4, 0.5) is 0 Å². The quantitative estimate of drug-likeness (QED) is 0.854. The standard InChI is InChI=1S/C22H27N3O3/c26-20-17-10-5-4-9-16(17)18(14-24-20)22(28)25-12-6-11-19(25)21(27)23-13-15-7-2-1-3-8-15/h4-5,9-10,14-15,19H,1-3,6-8,11-13H2,(H,23,27)(H,24,26). The molecule has 0 bridgehead atoms. The Kier molecular flexibility index (Phi) is 5.46. The number of hydrogen-bond acceptors (Lipinski definition) is 3. The van der Waals surface area contributed by atoms with Crippen LogP contribution in [0.5, 0.6) is 0 Å². The molecule has 2 amide bonds. The lowest BCUT2D eigenvalue weighted by Crippen LogP contribution is -2.47. The van der Waals surface area contributed by atoms with Gasteiger partial charge in [-0.3, -0.25) is 14.4 Å². The van der Waals surface area contributed by atoms with Crippen LogP contribution >= 0.6 is 0 Å². The number of nitrogens with zero attached hydrogens (tertiary/aromatic N) is 1. The molecule has 1 aliphatic heterocycles. The van der Waals surface area contributed by atoms with Crippen LogP contribution in [0.1, 0.15) is 55.3 Å². The summed E-state index contributed by atoms with van der Waals surface area (Å²) in [4.78, 5) is 42.4. The molecule has 2 heterocycles. The maximum atomic E-state index is 13.2. The number of rotatable bonds is 4. The predicted molar refractivity (Wildman–Crippen MR) is 108 cm³/mol. The number of amides is 2. The van der Waals surface area contributed by atoms with E-state index in [0.29, 0.717) is 41.8 Å². The average Bonchev–Trinajstić information content (AvgIpc) is 3.23. The van der Waals surface area contributed by atoms with Gasteiger partial charge in [0, 0.05) is 30.1 Å². The Hall–Kier alpha value is -2.63. The zero-order valence-electron chi connectivity index (χ0n) is 16.1. The highest BCUT2D eigenvalue weighted by Crippen LogP contribution is 2.25. The molecule has 2 N–H and O–H groups in total. The van der Waals surface area contributed by atoms with Crippen molar-refractivity contribution in [2.75, 3.05) is 13.1 Å². The van der Waals surface area contributed by atoms with Crippen molar-refractivity contribution in [1.82, 2.24) is 15.2 Å². The Bertz CT molecular complexity index is 930. The van der Waals surface area contributed by atoms with E-state index in [1.165, 1.54) is 38.3 Å². The van der Waals surface area contributed by atoms with Crippen LogP contribution in [0.25, 0.3) is 10.8 Å². The summed E-state index contributed by atoms with van der Waals surface area (Å²) in [7, 11) is 0. The summed E-state index contributed by atoms with van der Waals surface area (Å²) in [6.45, 7) is 1.27. The Morgan fingerprint density at radius 2 is 1.79 bits per heavy atom. The molecule has 2 aliphatic rings. The third-order valence-electron chi connectivity index (χ3n) is 6.15. The molecular weight excluding hydrogens is 354 g/mol. The van der Waals surface area contributed by atoms with Crippen molar-refractivity contribution in [2.45, 2.75) is 51.0 Å². The van der Waals surface area contributed by atoms with Crippen molar-refractivity contribution in [2.24, 2.45) is 5.92 Å². The van der Waals surface area contributed by atoms with Gasteiger partial charge in [-0.15, -0.1) is 0 Å². The SMILES string of the molecule is O=C(NCC1CCCCC1)C1CCCN1C(=O)c1c[nH]c(=O)c2ccccc12. The lowest BCUT2D eigenvalue weighted by molar-refractivity contribution is -0.125. The van der Waals surface area contributed by atoms with Gasteiger partial charge in [0.15, 0.2) is 0 Å². The van der Waals surface area contributed by atoms with Crippen LogP contribution < -0.4 is 10.9 Å². The van der Waals surface area contributed by atoms with Gasteiger partial charge in [0.1, 0.15) is 6.04 Å². The van der Waals surface area contributed by atoms with Crippen molar-refractivity contribution < 1.29 is 9.59 Å². The Morgan fingerprint density at radius 3 is 2.57 bits per heavy atom. The van der Waals surface area contributed by atoms with E-state index in [4.69, 9.17) is 0 Å². The minimum Gasteiger partial charge on any atom is -0.354 e. The van der Waals surface area contributed by atoms with Crippen molar-refractivity contribution in [3.8, 4) is 0 Å². The number of hydrogen-bond donors (Lipinski definition) is 2. The number of aromatic amines is 1. The first-order valence-corrected chi connectivity index (χ1v) is 10.3. The summed E-state index contributed by atoms with van der Waals surface area (Å²) in [6.07, 6.45) is 9.11. The molecule has 1 saturated carbocycles. The molecule has 1 aromatic heterocycles. The molecule has 0 radical (unpaired) electrons. The summed E-state index contributed by atoms with van der Waals surface area (Å²) < 4.78 is 0. The molecule has 6 nitrogen and oxygen atoms in total. The molecule has 1 atom stereocenters. The third-order valence-corrected chi connectivity index (χ3v) is 6.15. The van der Waals surface area contributed by atoms with Gasteiger partial charge in [-0.25, -0.2) is 0 Å². The predicted octanol–water partition coefficient (Wildman–Crippen LogP) is 2.83. The second kappa shape index (κ2) is 8.17. The Labute approximate surface area is 164 Å². The first-order valence-electron chi connectivity index (χ1n) is 10.3. The molecule has 6 heteroatoms. The van der Waals surface area contributed by atoms with Crippen LogP contribution in [0.15, 0.2) is 35.3 Å². The third kappa shape index (κ3) is 3.68. The number of benzene rings is 1. The van der Waals surface area contributed by atoms with E-state index in [2.05, 4.69) is 10.3 Å². The number of fused-ring (bicyclic) bond motifs is 1. The van der Waals surface area contributed by atoms with E-state index in [1.54, 1.807) is 23.1 Å². The number of aromatic nitrogens is 1. The number of nitrogens with one attached hydrogen (secondary N) is 2. The molecule has 1 unspecified atom stereocenters. The second-order valence-corrected chi connectivity index (χ2v) is 7.98. The molecule has 2 aromatic rings. The summed E-state index contributed by atoms with van der Waals surface area (Å²) in [5.41, 5.74) is 0.234. The number of H-pyrrole nitrogens is 1. The monoisotopic (exact) mass is 381 g/mol. The molecule has 148 valence electrons. The van der Waals surface area contributed by atoms with Gasteiger partial charge in [-0.1, -0.05) is 37.5 Å². The van der Waals surface area contributed by atoms with Crippen LogP contribution in [-0.4, -0.2) is 40.8 Å². The lowest BCUT2D eigenvalue weighted by Gasteiger charge is -2.26. The Morgan fingerprint density at radius 1 is 1.04 bits per heavy atom. The van der Waals surface area contributed by atoms with Crippen molar-refractivity contribution in [1.29, 1.82) is 0 Å². The fourth-order valence-electron chi connectivity index (χ4n) is 4.58. The average molecular weight is 381 g/mol. The largest absolute Gasteiger partial charge is 0.354 e. The van der Waals surface area contributed by atoms with E-state index in [1.807, 2.05) is 6.07 Å². The van der Waals surface area contributed by atoms with Gasteiger partial charge in [-0.2, -0.15) is 0 Å². The summed E-state index contributed by atoms with van der Waals surface area (Å²) in [5.74, 6) is 0.319. The highest BCUT2D eigenvalue weighted by molar-refractivity contribution is 6.07. The van der Waals surface area contributed by atoms with Gasteiger partial charge >= 0.3 is 0 Å². The summed E-state index contributed by atoms with van der Waals surface area (Å²) >= 11 is 0. The normalized spacial score (nSPS) is 20.4. The molecular formula is C22H27N3O3. The molecule has 2 fully saturated rings. The smallest absolute Gasteiger partial charge is 0.256 e. The fraction of sp³-hybridized carbons (Fsp3) is 0.500.